The smallest absolute Gasteiger partial charge is 0.303 e. The molecule has 0 bridgehead atoms. The minimum absolute atomic E-state index is 0.120. The van der Waals surface area contributed by atoms with Gasteiger partial charge in [0, 0.05) is 32.1 Å². The van der Waals surface area contributed by atoms with Gasteiger partial charge >= 0.3 is 17.9 Å². The fraction of sp³-hybridized carbons (Fsp3) is 0.526. The summed E-state index contributed by atoms with van der Waals surface area (Å²) in [6, 6.07) is 7.42. The van der Waals surface area contributed by atoms with E-state index >= 15 is 0 Å². The first-order valence-electron chi connectivity index (χ1n) is 8.72. The second-order valence-electron chi connectivity index (χ2n) is 6.16. The zero-order valence-electron chi connectivity index (χ0n) is 16.2. The summed E-state index contributed by atoms with van der Waals surface area (Å²) in [5.41, 5.74) is -0.398. The zero-order chi connectivity index (χ0) is 20.7. The van der Waals surface area contributed by atoms with Crippen LogP contribution in [0.5, 0.6) is 5.75 Å². The third kappa shape index (κ3) is 6.72. The largest absolute Gasteiger partial charge is 0.497 e. The first-order valence-corrected chi connectivity index (χ1v) is 9.60. The lowest BCUT2D eigenvalue weighted by Crippen LogP contribution is -2.53. The van der Waals surface area contributed by atoms with Crippen molar-refractivity contribution in [3.8, 4) is 5.75 Å². The second kappa shape index (κ2) is 10.3. The highest BCUT2D eigenvalue weighted by Gasteiger charge is 2.43. The van der Waals surface area contributed by atoms with Gasteiger partial charge in [0.25, 0.3) is 0 Å². The number of hydrogen-bond acceptors (Lipinski definition) is 9. The number of carbonyl (C=O) groups excluding carboxylic acids is 3. The maximum Gasteiger partial charge on any atom is 0.303 e. The lowest BCUT2D eigenvalue weighted by Gasteiger charge is -2.39. The van der Waals surface area contributed by atoms with Crippen molar-refractivity contribution in [2.45, 2.75) is 55.8 Å². The Balaban J connectivity index is 2.18. The highest BCUT2D eigenvalue weighted by molar-refractivity contribution is 7.99. The third-order valence-corrected chi connectivity index (χ3v) is 4.99. The highest BCUT2D eigenvalue weighted by atomic mass is 32.2. The monoisotopic (exact) mass is 412 g/mol. The number of methoxy groups -OCH3 is 1. The number of hydrogen-bond donors (Lipinski definition) is 0. The van der Waals surface area contributed by atoms with E-state index in [1.54, 1.807) is 7.11 Å². The van der Waals surface area contributed by atoms with Crippen LogP contribution in [0.3, 0.4) is 0 Å². The maximum atomic E-state index is 11.5. The van der Waals surface area contributed by atoms with Gasteiger partial charge in [-0.1, -0.05) is 11.8 Å². The van der Waals surface area contributed by atoms with Crippen LogP contribution in [0.25, 0.3) is 0 Å². The lowest BCUT2D eigenvalue weighted by molar-refractivity contribution is -0.204. The SMILES string of the molecule is COc1ccc(S[C@@H]2C[C@@H](OC(C)=O)[C@H](OC(C)=O)[C@@H](COC(C)=O)O2)cc1. The van der Waals surface area contributed by atoms with Gasteiger partial charge in [-0.2, -0.15) is 0 Å². The van der Waals surface area contributed by atoms with E-state index in [0.717, 1.165) is 10.6 Å². The maximum absolute atomic E-state index is 11.5. The van der Waals surface area contributed by atoms with Crippen molar-refractivity contribution in [2.75, 3.05) is 13.7 Å². The normalized spacial score (nSPS) is 24.1. The molecule has 2 rings (SSSR count). The third-order valence-electron chi connectivity index (χ3n) is 3.88. The van der Waals surface area contributed by atoms with E-state index in [1.165, 1.54) is 32.5 Å². The first-order chi connectivity index (χ1) is 13.3. The summed E-state index contributed by atoms with van der Waals surface area (Å²) in [4.78, 5) is 35.2. The van der Waals surface area contributed by atoms with Crippen molar-refractivity contribution in [3.05, 3.63) is 24.3 Å². The number of ether oxygens (including phenoxy) is 5. The molecule has 9 heteroatoms. The van der Waals surface area contributed by atoms with Gasteiger partial charge in [0.1, 0.15) is 30.0 Å². The summed E-state index contributed by atoms with van der Waals surface area (Å²) in [6.45, 7) is 3.69. The van der Waals surface area contributed by atoms with Crippen LogP contribution in [0, 0.1) is 0 Å². The van der Waals surface area contributed by atoms with Gasteiger partial charge < -0.3 is 23.7 Å². The molecule has 1 saturated heterocycles. The van der Waals surface area contributed by atoms with Crippen LogP contribution in [0.4, 0.5) is 0 Å². The average Bonchev–Trinajstić information content (AvgIpc) is 2.62. The van der Waals surface area contributed by atoms with Crippen LogP contribution in [-0.2, 0) is 33.3 Å². The van der Waals surface area contributed by atoms with Crippen LogP contribution >= 0.6 is 11.8 Å². The molecule has 1 fully saturated rings. The molecule has 0 N–H and O–H groups in total. The number of benzene rings is 1. The Bertz CT molecular complexity index is 690. The number of esters is 3. The molecule has 1 aromatic rings. The molecule has 8 nitrogen and oxygen atoms in total. The molecule has 1 aliphatic heterocycles. The summed E-state index contributed by atoms with van der Waals surface area (Å²) in [5.74, 6) is -0.795. The van der Waals surface area contributed by atoms with E-state index in [-0.39, 0.29) is 6.61 Å². The molecule has 28 heavy (non-hydrogen) atoms. The average molecular weight is 412 g/mol. The Morgan fingerprint density at radius 2 is 1.68 bits per heavy atom. The molecular weight excluding hydrogens is 388 g/mol. The van der Waals surface area contributed by atoms with Gasteiger partial charge in [-0.3, -0.25) is 14.4 Å². The van der Waals surface area contributed by atoms with Crippen molar-refractivity contribution in [1.29, 1.82) is 0 Å². The summed E-state index contributed by atoms with van der Waals surface area (Å²) >= 11 is 1.42. The number of thioether (sulfide) groups is 1. The lowest BCUT2D eigenvalue weighted by atomic mass is 10.0. The quantitative estimate of drug-likeness (QED) is 0.494. The molecular formula is C19H24O8S. The summed E-state index contributed by atoms with van der Waals surface area (Å²) in [7, 11) is 1.59. The van der Waals surface area contributed by atoms with Gasteiger partial charge in [-0.15, -0.1) is 0 Å². The molecule has 1 heterocycles. The second-order valence-corrected chi connectivity index (χ2v) is 7.39. The number of rotatable bonds is 7. The predicted molar refractivity (Wildman–Crippen MR) is 99.9 cm³/mol. The van der Waals surface area contributed by atoms with E-state index in [2.05, 4.69) is 0 Å². The Kier molecular flexibility index (Phi) is 8.13. The van der Waals surface area contributed by atoms with Crippen molar-refractivity contribution in [1.82, 2.24) is 0 Å². The Hall–Kier alpha value is -2.26. The van der Waals surface area contributed by atoms with Crippen LogP contribution in [0.15, 0.2) is 29.2 Å². The van der Waals surface area contributed by atoms with Crippen LogP contribution in [0.2, 0.25) is 0 Å². The van der Waals surface area contributed by atoms with Crippen molar-refractivity contribution in [3.63, 3.8) is 0 Å². The zero-order valence-corrected chi connectivity index (χ0v) is 17.0. The summed E-state index contributed by atoms with van der Waals surface area (Å²) < 4.78 is 26.9. The summed E-state index contributed by atoms with van der Waals surface area (Å²) in [5, 5.41) is 0. The highest BCUT2D eigenvalue weighted by Crippen LogP contribution is 2.36. The fourth-order valence-electron chi connectivity index (χ4n) is 2.78. The van der Waals surface area contributed by atoms with E-state index in [9.17, 15) is 14.4 Å². The Morgan fingerprint density at radius 1 is 1.04 bits per heavy atom. The van der Waals surface area contributed by atoms with Gasteiger partial charge in [-0.25, -0.2) is 0 Å². The molecule has 0 aliphatic carbocycles. The van der Waals surface area contributed by atoms with Crippen LogP contribution < -0.4 is 4.74 Å². The number of carbonyl (C=O) groups is 3. The first kappa shape index (κ1) is 22.0. The van der Waals surface area contributed by atoms with E-state index in [1.807, 2.05) is 24.3 Å². The molecule has 4 atom stereocenters. The van der Waals surface area contributed by atoms with E-state index < -0.39 is 41.7 Å². The molecule has 0 unspecified atom stereocenters. The predicted octanol–water partition coefficient (Wildman–Crippen LogP) is 2.33. The molecule has 0 saturated carbocycles. The molecule has 1 aliphatic rings. The van der Waals surface area contributed by atoms with Crippen molar-refractivity contribution < 1.29 is 38.1 Å². The topological polar surface area (TPSA) is 97.4 Å². The van der Waals surface area contributed by atoms with Crippen LogP contribution in [-0.4, -0.2) is 55.4 Å². The molecule has 154 valence electrons. The Labute approximate surface area is 167 Å². The molecule has 0 spiro atoms. The van der Waals surface area contributed by atoms with Crippen molar-refractivity contribution in [2.24, 2.45) is 0 Å². The molecule has 0 amide bonds. The van der Waals surface area contributed by atoms with E-state index in [4.69, 9.17) is 23.7 Å². The minimum Gasteiger partial charge on any atom is -0.497 e. The fourth-order valence-corrected chi connectivity index (χ4v) is 3.86. The molecule has 0 aromatic heterocycles. The minimum atomic E-state index is -0.867. The van der Waals surface area contributed by atoms with Gasteiger partial charge in [-0.05, 0) is 24.3 Å². The molecule has 1 aromatic carbocycles. The Morgan fingerprint density at radius 3 is 2.21 bits per heavy atom. The van der Waals surface area contributed by atoms with E-state index in [0.29, 0.717) is 6.42 Å². The standard InChI is InChI=1S/C19H24O8S/c1-11(20)24-10-17-19(26-13(3)22)16(25-12(2)21)9-18(27-17)28-15-7-5-14(23-4)6-8-15/h5-8,16-19H,9-10H2,1-4H3/t16-,17-,18-,19+/m1/s1. The van der Waals surface area contributed by atoms with Crippen LogP contribution in [0.1, 0.15) is 27.2 Å². The van der Waals surface area contributed by atoms with Gasteiger partial charge in [0.15, 0.2) is 6.10 Å². The van der Waals surface area contributed by atoms with Gasteiger partial charge in [0.05, 0.1) is 7.11 Å². The van der Waals surface area contributed by atoms with Crippen molar-refractivity contribution >= 4 is 29.7 Å². The van der Waals surface area contributed by atoms with Gasteiger partial charge in [0.2, 0.25) is 0 Å². The molecule has 0 radical (unpaired) electrons. The summed E-state index contributed by atoms with van der Waals surface area (Å²) in [6.07, 6.45) is -2.04.